The molecule has 0 radical (unpaired) electrons. The molecule has 0 aromatic heterocycles. The molecule has 0 fully saturated rings. The molecule has 0 heterocycles. The Morgan fingerprint density at radius 2 is 2.05 bits per heavy atom. The van der Waals surface area contributed by atoms with E-state index in [1.165, 1.54) is 11.1 Å². The van der Waals surface area contributed by atoms with Gasteiger partial charge in [0, 0.05) is 25.3 Å². The van der Waals surface area contributed by atoms with Gasteiger partial charge >= 0.3 is 0 Å². The Labute approximate surface area is 117 Å². The summed E-state index contributed by atoms with van der Waals surface area (Å²) in [6.07, 6.45) is 1.04. The summed E-state index contributed by atoms with van der Waals surface area (Å²) in [4.78, 5) is 0. The van der Waals surface area contributed by atoms with E-state index in [1.54, 1.807) is 7.11 Å². The molecule has 1 N–H and O–H groups in total. The van der Waals surface area contributed by atoms with Crippen LogP contribution in [0.1, 0.15) is 31.4 Å². The van der Waals surface area contributed by atoms with E-state index in [0.29, 0.717) is 5.92 Å². The first-order chi connectivity index (χ1) is 9.13. The van der Waals surface area contributed by atoms with Gasteiger partial charge in [0.2, 0.25) is 0 Å². The quantitative estimate of drug-likeness (QED) is 0.696. The van der Waals surface area contributed by atoms with Crippen molar-refractivity contribution in [1.29, 1.82) is 0 Å². The molecule has 0 saturated carbocycles. The van der Waals surface area contributed by atoms with Gasteiger partial charge in [0.1, 0.15) is 5.75 Å². The zero-order valence-corrected chi connectivity index (χ0v) is 12.7. The van der Waals surface area contributed by atoms with Crippen LogP contribution in [0.25, 0.3) is 0 Å². The van der Waals surface area contributed by atoms with Gasteiger partial charge in [0.05, 0.1) is 7.11 Å². The molecule has 0 bridgehead atoms. The molecular formula is C16H27NO2. The van der Waals surface area contributed by atoms with Crippen molar-refractivity contribution in [3.63, 3.8) is 0 Å². The highest BCUT2D eigenvalue weighted by Gasteiger charge is 2.02. The minimum atomic E-state index is 0.615. The van der Waals surface area contributed by atoms with Crippen LogP contribution < -0.4 is 10.1 Å². The fourth-order valence-corrected chi connectivity index (χ4v) is 1.89. The second-order valence-corrected chi connectivity index (χ2v) is 5.31. The topological polar surface area (TPSA) is 30.5 Å². The van der Waals surface area contributed by atoms with Crippen LogP contribution in [0.15, 0.2) is 18.2 Å². The molecule has 0 aliphatic rings. The number of ether oxygens (including phenoxy) is 2. The predicted molar refractivity (Wildman–Crippen MR) is 79.7 cm³/mol. The normalized spacial score (nSPS) is 11.0. The summed E-state index contributed by atoms with van der Waals surface area (Å²) in [6.45, 7) is 9.93. The Hall–Kier alpha value is -1.06. The van der Waals surface area contributed by atoms with Gasteiger partial charge in [0.15, 0.2) is 0 Å². The average Bonchev–Trinajstić information content (AvgIpc) is 2.37. The maximum atomic E-state index is 5.55. The lowest BCUT2D eigenvalue weighted by molar-refractivity contribution is 0.108. The number of rotatable bonds is 9. The van der Waals surface area contributed by atoms with Gasteiger partial charge in [-0.05, 0) is 31.9 Å². The van der Waals surface area contributed by atoms with Gasteiger partial charge in [-0.25, -0.2) is 0 Å². The van der Waals surface area contributed by atoms with Crippen LogP contribution in [0.3, 0.4) is 0 Å². The molecule has 3 heteroatoms. The van der Waals surface area contributed by atoms with E-state index in [1.807, 2.05) is 6.07 Å². The molecule has 108 valence electrons. The molecule has 0 aliphatic carbocycles. The molecular weight excluding hydrogens is 238 g/mol. The van der Waals surface area contributed by atoms with E-state index >= 15 is 0 Å². The van der Waals surface area contributed by atoms with Gasteiger partial charge in [-0.2, -0.15) is 0 Å². The SMILES string of the molecule is COc1ccc(C)cc1CNCCCOCC(C)C. The van der Waals surface area contributed by atoms with Crippen molar-refractivity contribution in [2.45, 2.75) is 33.7 Å². The molecule has 3 nitrogen and oxygen atoms in total. The standard InChI is InChI=1S/C16H27NO2/c1-13(2)12-19-9-5-8-17-11-15-10-14(3)6-7-16(15)18-4/h6-7,10,13,17H,5,8-9,11-12H2,1-4H3. The maximum absolute atomic E-state index is 5.55. The van der Waals surface area contributed by atoms with Crippen LogP contribution in [0.5, 0.6) is 5.75 Å². The zero-order chi connectivity index (χ0) is 14.1. The molecule has 1 aromatic carbocycles. The lowest BCUT2D eigenvalue weighted by atomic mass is 10.1. The van der Waals surface area contributed by atoms with Crippen molar-refractivity contribution in [3.05, 3.63) is 29.3 Å². The Balaban J connectivity index is 2.20. The predicted octanol–water partition coefficient (Wildman–Crippen LogP) is 3.16. The summed E-state index contributed by atoms with van der Waals surface area (Å²) in [6, 6.07) is 6.27. The summed E-state index contributed by atoms with van der Waals surface area (Å²) in [7, 11) is 1.72. The number of nitrogens with one attached hydrogen (secondary N) is 1. The second kappa shape index (κ2) is 8.94. The minimum Gasteiger partial charge on any atom is -0.496 e. The monoisotopic (exact) mass is 265 g/mol. The molecule has 0 aliphatic heterocycles. The number of hydrogen-bond acceptors (Lipinski definition) is 3. The first kappa shape index (κ1) is 16.0. The highest BCUT2D eigenvalue weighted by Crippen LogP contribution is 2.19. The largest absolute Gasteiger partial charge is 0.496 e. The number of hydrogen-bond donors (Lipinski definition) is 1. The lowest BCUT2D eigenvalue weighted by Crippen LogP contribution is -2.17. The van der Waals surface area contributed by atoms with Crippen molar-refractivity contribution in [2.75, 3.05) is 26.9 Å². The number of aryl methyl sites for hydroxylation is 1. The third kappa shape index (κ3) is 6.60. The highest BCUT2D eigenvalue weighted by molar-refractivity contribution is 5.36. The lowest BCUT2D eigenvalue weighted by Gasteiger charge is -2.11. The van der Waals surface area contributed by atoms with E-state index in [4.69, 9.17) is 9.47 Å². The van der Waals surface area contributed by atoms with Gasteiger partial charge < -0.3 is 14.8 Å². The smallest absolute Gasteiger partial charge is 0.123 e. The van der Waals surface area contributed by atoms with Crippen LogP contribution in [0, 0.1) is 12.8 Å². The molecule has 0 amide bonds. The third-order valence-corrected chi connectivity index (χ3v) is 2.84. The Kier molecular flexibility index (Phi) is 7.53. The van der Waals surface area contributed by atoms with E-state index in [-0.39, 0.29) is 0 Å². The Bertz CT molecular complexity index is 364. The first-order valence-corrected chi connectivity index (χ1v) is 7.05. The van der Waals surface area contributed by atoms with Gasteiger partial charge in [-0.3, -0.25) is 0 Å². The van der Waals surface area contributed by atoms with E-state index in [0.717, 1.165) is 38.5 Å². The van der Waals surface area contributed by atoms with Crippen molar-refractivity contribution in [3.8, 4) is 5.75 Å². The van der Waals surface area contributed by atoms with E-state index in [9.17, 15) is 0 Å². The fourth-order valence-electron chi connectivity index (χ4n) is 1.89. The molecule has 0 atom stereocenters. The summed E-state index contributed by atoms with van der Waals surface area (Å²) < 4.78 is 10.9. The number of methoxy groups -OCH3 is 1. The molecule has 19 heavy (non-hydrogen) atoms. The van der Waals surface area contributed by atoms with Crippen LogP contribution in [0.2, 0.25) is 0 Å². The number of benzene rings is 1. The van der Waals surface area contributed by atoms with Gasteiger partial charge in [-0.1, -0.05) is 31.5 Å². The van der Waals surface area contributed by atoms with E-state index < -0.39 is 0 Å². The summed E-state index contributed by atoms with van der Waals surface area (Å²) in [5.41, 5.74) is 2.48. The second-order valence-electron chi connectivity index (χ2n) is 5.31. The van der Waals surface area contributed by atoms with E-state index in [2.05, 4.69) is 38.2 Å². The van der Waals surface area contributed by atoms with Crippen molar-refractivity contribution < 1.29 is 9.47 Å². The summed E-state index contributed by atoms with van der Waals surface area (Å²) in [5.74, 6) is 1.57. The fraction of sp³-hybridized carbons (Fsp3) is 0.625. The van der Waals surface area contributed by atoms with Crippen molar-refractivity contribution in [1.82, 2.24) is 5.32 Å². The van der Waals surface area contributed by atoms with Crippen LogP contribution >= 0.6 is 0 Å². The van der Waals surface area contributed by atoms with Gasteiger partial charge in [-0.15, -0.1) is 0 Å². The van der Waals surface area contributed by atoms with Crippen molar-refractivity contribution >= 4 is 0 Å². The third-order valence-electron chi connectivity index (χ3n) is 2.84. The molecule has 1 aromatic rings. The first-order valence-electron chi connectivity index (χ1n) is 7.05. The Morgan fingerprint density at radius 1 is 1.26 bits per heavy atom. The van der Waals surface area contributed by atoms with Crippen LogP contribution in [-0.4, -0.2) is 26.9 Å². The summed E-state index contributed by atoms with van der Waals surface area (Å²) >= 11 is 0. The average molecular weight is 265 g/mol. The molecule has 0 unspecified atom stereocenters. The van der Waals surface area contributed by atoms with Crippen molar-refractivity contribution in [2.24, 2.45) is 5.92 Å². The zero-order valence-electron chi connectivity index (χ0n) is 12.7. The van der Waals surface area contributed by atoms with Crippen LogP contribution in [-0.2, 0) is 11.3 Å². The maximum Gasteiger partial charge on any atom is 0.123 e. The molecule has 1 rings (SSSR count). The minimum absolute atomic E-state index is 0.615. The van der Waals surface area contributed by atoms with Gasteiger partial charge in [0.25, 0.3) is 0 Å². The highest BCUT2D eigenvalue weighted by atomic mass is 16.5. The Morgan fingerprint density at radius 3 is 2.74 bits per heavy atom. The van der Waals surface area contributed by atoms with Crippen LogP contribution in [0.4, 0.5) is 0 Å². The summed E-state index contributed by atoms with van der Waals surface area (Å²) in [5, 5.41) is 3.43. The molecule has 0 saturated heterocycles. The molecule has 0 spiro atoms.